The largest absolute Gasteiger partial charge is 0.457 e. The molecule has 0 fully saturated rings. The van der Waals surface area contributed by atoms with Gasteiger partial charge in [-0.3, -0.25) is 4.79 Å². The molecule has 0 amide bonds. The van der Waals surface area contributed by atoms with E-state index in [4.69, 9.17) is 4.74 Å². The van der Waals surface area contributed by atoms with Crippen molar-refractivity contribution in [1.29, 1.82) is 0 Å². The molecular weight excluding hydrogens is 460 g/mol. The molecule has 0 saturated heterocycles. The lowest BCUT2D eigenvalue weighted by Crippen LogP contribution is -2.36. The second-order valence-corrected chi connectivity index (χ2v) is 9.98. The second kappa shape index (κ2) is 10.5. The van der Waals surface area contributed by atoms with Crippen molar-refractivity contribution in [1.82, 2.24) is 5.32 Å². The number of allylic oxidation sites excluding steroid dienone is 3. The van der Waals surface area contributed by atoms with E-state index >= 15 is 0 Å². The Balaban J connectivity index is 1.52. The molecular formula is C32H32N2O3. The van der Waals surface area contributed by atoms with E-state index in [1.54, 1.807) is 0 Å². The molecule has 188 valence electrons. The van der Waals surface area contributed by atoms with Crippen molar-refractivity contribution in [3.63, 3.8) is 0 Å². The first kappa shape index (κ1) is 24.6. The molecule has 3 aromatic rings. The highest BCUT2D eigenvalue weighted by Crippen LogP contribution is 2.46. The minimum atomic E-state index is -0.472. The molecule has 5 rings (SSSR count). The SMILES string of the molecule is CC1=C(C(=O)OCc2ccccc2)[C@@H](c2ccc(N(C)C)cc2)C2=C(C[C@H](c3ccccc3)CC2=O)N1. The van der Waals surface area contributed by atoms with Crippen LogP contribution >= 0.6 is 0 Å². The van der Waals surface area contributed by atoms with Crippen LogP contribution in [-0.4, -0.2) is 25.8 Å². The number of nitrogens with one attached hydrogen (secondary N) is 1. The lowest BCUT2D eigenvalue weighted by molar-refractivity contribution is -0.140. The number of anilines is 1. The Morgan fingerprint density at radius 1 is 0.892 bits per heavy atom. The molecule has 0 radical (unpaired) electrons. The summed E-state index contributed by atoms with van der Waals surface area (Å²) >= 11 is 0. The van der Waals surface area contributed by atoms with Crippen molar-refractivity contribution in [3.8, 4) is 0 Å². The number of hydrogen-bond acceptors (Lipinski definition) is 5. The molecule has 3 aromatic carbocycles. The van der Waals surface area contributed by atoms with Crippen LogP contribution in [0.1, 0.15) is 48.3 Å². The Bertz CT molecular complexity index is 1360. The number of carbonyl (C=O) groups is 2. The minimum Gasteiger partial charge on any atom is -0.457 e. The number of Topliss-reactive ketones (excluding diaryl/α,β-unsaturated/α-hetero) is 1. The Morgan fingerprint density at radius 3 is 2.19 bits per heavy atom. The molecule has 5 heteroatoms. The number of nitrogens with zero attached hydrogens (tertiary/aromatic N) is 1. The second-order valence-electron chi connectivity index (χ2n) is 9.98. The molecule has 0 unspecified atom stereocenters. The molecule has 1 N–H and O–H groups in total. The van der Waals surface area contributed by atoms with Crippen LogP contribution in [0.15, 0.2) is 107 Å². The van der Waals surface area contributed by atoms with Gasteiger partial charge < -0.3 is 15.0 Å². The highest BCUT2D eigenvalue weighted by atomic mass is 16.5. The van der Waals surface area contributed by atoms with Crippen LogP contribution in [0.3, 0.4) is 0 Å². The molecule has 0 spiro atoms. The molecule has 0 aromatic heterocycles. The van der Waals surface area contributed by atoms with Gasteiger partial charge in [0.25, 0.3) is 0 Å². The van der Waals surface area contributed by atoms with Gasteiger partial charge in [-0.2, -0.15) is 0 Å². The average Bonchev–Trinajstić information content (AvgIpc) is 2.92. The predicted octanol–water partition coefficient (Wildman–Crippen LogP) is 5.86. The summed E-state index contributed by atoms with van der Waals surface area (Å²) in [6, 6.07) is 27.9. The van der Waals surface area contributed by atoms with Crippen molar-refractivity contribution in [2.24, 2.45) is 0 Å². The molecule has 1 aliphatic heterocycles. The maximum Gasteiger partial charge on any atom is 0.337 e. The predicted molar refractivity (Wildman–Crippen MR) is 146 cm³/mol. The van der Waals surface area contributed by atoms with Crippen molar-refractivity contribution < 1.29 is 14.3 Å². The van der Waals surface area contributed by atoms with Gasteiger partial charge in [-0.15, -0.1) is 0 Å². The fourth-order valence-corrected chi connectivity index (χ4v) is 5.37. The van der Waals surface area contributed by atoms with Gasteiger partial charge in [0.2, 0.25) is 0 Å². The van der Waals surface area contributed by atoms with E-state index in [-0.39, 0.29) is 18.3 Å². The van der Waals surface area contributed by atoms with Crippen LogP contribution in [0.5, 0.6) is 0 Å². The van der Waals surface area contributed by atoms with Gasteiger partial charge >= 0.3 is 5.97 Å². The summed E-state index contributed by atoms with van der Waals surface area (Å²) in [4.78, 5) is 29.3. The Kier molecular flexibility index (Phi) is 6.95. The Morgan fingerprint density at radius 2 is 1.54 bits per heavy atom. The Hall–Kier alpha value is -4.12. The van der Waals surface area contributed by atoms with Crippen molar-refractivity contribution >= 4 is 17.4 Å². The molecule has 2 aliphatic rings. The van der Waals surface area contributed by atoms with Gasteiger partial charge in [-0.1, -0.05) is 72.8 Å². The van der Waals surface area contributed by atoms with E-state index in [2.05, 4.69) is 17.4 Å². The molecule has 1 aliphatic carbocycles. The maximum absolute atomic E-state index is 13.7. The van der Waals surface area contributed by atoms with Crippen molar-refractivity contribution in [2.75, 3.05) is 19.0 Å². The van der Waals surface area contributed by atoms with Crippen molar-refractivity contribution in [3.05, 3.63) is 124 Å². The molecule has 37 heavy (non-hydrogen) atoms. The van der Waals surface area contributed by atoms with E-state index in [9.17, 15) is 9.59 Å². The third kappa shape index (κ3) is 5.08. The summed E-state index contributed by atoms with van der Waals surface area (Å²) in [6.45, 7) is 2.08. The Labute approximate surface area is 218 Å². The zero-order valence-electron chi connectivity index (χ0n) is 21.5. The summed E-state index contributed by atoms with van der Waals surface area (Å²) in [7, 11) is 3.98. The summed E-state index contributed by atoms with van der Waals surface area (Å²) < 4.78 is 5.78. The summed E-state index contributed by atoms with van der Waals surface area (Å²) in [5.74, 6) is -0.693. The average molecular weight is 493 g/mol. The molecule has 0 bridgehead atoms. The quantitative estimate of drug-likeness (QED) is 0.437. The fourth-order valence-electron chi connectivity index (χ4n) is 5.37. The van der Waals surface area contributed by atoms with Gasteiger partial charge in [-0.05, 0) is 48.1 Å². The third-order valence-electron chi connectivity index (χ3n) is 7.27. The smallest absolute Gasteiger partial charge is 0.337 e. The number of hydrogen-bond donors (Lipinski definition) is 1. The van der Waals surface area contributed by atoms with Crippen LogP contribution < -0.4 is 10.2 Å². The van der Waals surface area contributed by atoms with Gasteiger partial charge in [0, 0.05) is 49.1 Å². The minimum absolute atomic E-state index is 0.0742. The molecule has 1 heterocycles. The number of rotatable bonds is 6. The van der Waals surface area contributed by atoms with Crippen LogP contribution in [-0.2, 0) is 20.9 Å². The summed E-state index contributed by atoms with van der Waals surface area (Å²) in [5.41, 5.74) is 6.87. The van der Waals surface area contributed by atoms with Gasteiger partial charge in [0.1, 0.15) is 6.61 Å². The highest BCUT2D eigenvalue weighted by molar-refractivity contribution is 6.04. The lowest BCUT2D eigenvalue weighted by atomic mass is 9.71. The molecule has 5 nitrogen and oxygen atoms in total. The van der Waals surface area contributed by atoms with Gasteiger partial charge in [0.15, 0.2) is 5.78 Å². The summed E-state index contributed by atoms with van der Waals surface area (Å²) in [5, 5.41) is 3.44. The van der Waals surface area contributed by atoms with E-state index in [0.29, 0.717) is 17.6 Å². The number of esters is 1. The van der Waals surface area contributed by atoms with E-state index in [1.807, 2.05) is 98.7 Å². The highest BCUT2D eigenvalue weighted by Gasteiger charge is 2.41. The van der Waals surface area contributed by atoms with Crippen LogP contribution in [0.2, 0.25) is 0 Å². The van der Waals surface area contributed by atoms with Crippen LogP contribution in [0.4, 0.5) is 5.69 Å². The molecule has 2 atom stereocenters. The van der Waals surface area contributed by atoms with Crippen LogP contribution in [0.25, 0.3) is 0 Å². The fraction of sp³-hybridized carbons (Fsp3) is 0.250. The first-order valence-electron chi connectivity index (χ1n) is 12.7. The first-order chi connectivity index (χ1) is 17.9. The number of ether oxygens (including phenoxy) is 1. The number of benzene rings is 3. The summed E-state index contributed by atoms with van der Waals surface area (Å²) in [6.07, 6.45) is 1.14. The zero-order chi connectivity index (χ0) is 25.9. The zero-order valence-corrected chi connectivity index (χ0v) is 21.5. The first-order valence-corrected chi connectivity index (χ1v) is 12.7. The topological polar surface area (TPSA) is 58.6 Å². The van der Waals surface area contributed by atoms with Gasteiger partial charge in [0.05, 0.1) is 5.57 Å². The number of dihydropyridines is 1. The monoisotopic (exact) mass is 492 g/mol. The van der Waals surface area contributed by atoms with E-state index < -0.39 is 11.9 Å². The van der Waals surface area contributed by atoms with Gasteiger partial charge in [-0.25, -0.2) is 4.79 Å². The van der Waals surface area contributed by atoms with Crippen LogP contribution in [0, 0.1) is 0 Å². The maximum atomic E-state index is 13.7. The lowest BCUT2D eigenvalue weighted by Gasteiger charge is -2.36. The normalized spacial score (nSPS) is 19.3. The standard InChI is InChI=1S/C32H32N2O3/c1-21-29(32(36)37-20-22-10-6-4-7-11-22)30(24-14-16-26(17-15-24)34(2)3)31-27(33-21)18-25(19-28(31)35)23-12-8-5-9-13-23/h4-17,25,30,33H,18-20H2,1-3H3/t25-,30+/m0/s1. The number of ketones is 1. The third-order valence-corrected chi connectivity index (χ3v) is 7.27. The van der Waals surface area contributed by atoms with Crippen molar-refractivity contribution in [2.45, 2.75) is 38.2 Å². The van der Waals surface area contributed by atoms with E-state index in [0.717, 1.165) is 40.2 Å². The number of carbonyl (C=O) groups excluding carboxylic acids is 2. The van der Waals surface area contributed by atoms with E-state index in [1.165, 1.54) is 0 Å². The molecule has 0 saturated carbocycles.